The van der Waals surface area contributed by atoms with Gasteiger partial charge in [-0.05, 0) is 73.1 Å². The monoisotopic (exact) mass is 525 g/mol. The lowest BCUT2D eigenvalue weighted by Crippen LogP contribution is -2.41. The van der Waals surface area contributed by atoms with Crippen LogP contribution in [0.2, 0.25) is 0 Å². The molecule has 1 saturated heterocycles. The van der Waals surface area contributed by atoms with Crippen LogP contribution in [0.1, 0.15) is 39.9 Å². The number of ether oxygens (including phenoxy) is 2. The van der Waals surface area contributed by atoms with Crippen LogP contribution in [-0.2, 0) is 22.6 Å². The van der Waals surface area contributed by atoms with Gasteiger partial charge in [0.25, 0.3) is 5.91 Å². The van der Waals surface area contributed by atoms with Crippen LogP contribution in [0.4, 0.5) is 0 Å². The van der Waals surface area contributed by atoms with Crippen molar-refractivity contribution in [2.75, 3.05) is 19.7 Å². The molecular formula is C32H31NO6. The topological polar surface area (TPSA) is 86.0 Å². The van der Waals surface area contributed by atoms with Gasteiger partial charge in [0.05, 0.1) is 5.56 Å². The summed E-state index contributed by atoms with van der Waals surface area (Å²) in [5, 5.41) is 0.857. The SMILES string of the molecule is Cc1cc(=O)oc2cc(OCc3ccc(C(=O)OCC(=O)N4CCC(Cc5ccccc5)CC4)cc3)ccc12. The molecule has 1 aromatic heterocycles. The number of hydrogen-bond acceptors (Lipinski definition) is 6. The van der Waals surface area contributed by atoms with Crippen molar-refractivity contribution in [3.8, 4) is 5.75 Å². The quantitative estimate of drug-likeness (QED) is 0.229. The van der Waals surface area contributed by atoms with Crippen molar-refractivity contribution in [1.29, 1.82) is 0 Å². The molecule has 0 radical (unpaired) electrons. The molecule has 1 aliphatic heterocycles. The number of amides is 1. The van der Waals surface area contributed by atoms with Crippen molar-refractivity contribution in [2.45, 2.75) is 32.8 Å². The summed E-state index contributed by atoms with van der Waals surface area (Å²) in [5.74, 6) is 0.442. The van der Waals surface area contributed by atoms with E-state index in [2.05, 4.69) is 24.3 Å². The number of carbonyl (C=O) groups excluding carboxylic acids is 2. The molecule has 1 amide bonds. The summed E-state index contributed by atoms with van der Waals surface area (Å²) < 4.78 is 16.4. The Morgan fingerprint density at radius 3 is 2.41 bits per heavy atom. The first-order valence-electron chi connectivity index (χ1n) is 13.2. The average molecular weight is 526 g/mol. The van der Waals surface area contributed by atoms with Crippen molar-refractivity contribution in [3.05, 3.63) is 112 Å². The van der Waals surface area contributed by atoms with E-state index in [1.54, 1.807) is 35.2 Å². The second-order valence-electron chi connectivity index (χ2n) is 9.98. The maximum absolute atomic E-state index is 12.6. The Balaban J connectivity index is 1.07. The highest BCUT2D eigenvalue weighted by molar-refractivity contribution is 5.91. The molecule has 7 heteroatoms. The number of hydrogen-bond donors (Lipinski definition) is 0. The van der Waals surface area contributed by atoms with E-state index in [4.69, 9.17) is 13.9 Å². The van der Waals surface area contributed by atoms with Crippen LogP contribution in [0.3, 0.4) is 0 Å². The lowest BCUT2D eigenvalue weighted by molar-refractivity contribution is -0.135. The number of aryl methyl sites for hydroxylation is 1. The number of esters is 1. The zero-order valence-corrected chi connectivity index (χ0v) is 21.9. The molecule has 1 fully saturated rings. The Labute approximate surface area is 227 Å². The zero-order valence-electron chi connectivity index (χ0n) is 21.9. The predicted octanol–water partition coefficient (Wildman–Crippen LogP) is 5.32. The molecule has 0 aliphatic carbocycles. The second kappa shape index (κ2) is 12.0. The van der Waals surface area contributed by atoms with Crippen molar-refractivity contribution < 1.29 is 23.5 Å². The third kappa shape index (κ3) is 6.74. The number of fused-ring (bicyclic) bond motifs is 1. The summed E-state index contributed by atoms with van der Waals surface area (Å²) in [6.45, 7) is 3.25. The summed E-state index contributed by atoms with van der Waals surface area (Å²) in [4.78, 5) is 38.5. The lowest BCUT2D eigenvalue weighted by Gasteiger charge is -2.32. The van der Waals surface area contributed by atoms with Gasteiger partial charge in [-0.1, -0.05) is 42.5 Å². The highest BCUT2D eigenvalue weighted by Gasteiger charge is 2.24. The fourth-order valence-corrected chi connectivity index (χ4v) is 4.93. The minimum Gasteiger partial charge on any atom is -0.489 e. The summed E-state index contributed by atoms with van der Waals surface area (Å²) in [6.07, 6.45) is 2.93. The highest BCUT2D eigenvalue weighted by atomic mass is 16.5. The van der Waals surface area contributed by atoms with E-state index in [-0.39, 0.29) is 19.1 Å². The Bertz CT molecular complexity index is 1500. The Kier molecular flexibility index (Phi) is 8.06. The van der Waals surface area contributed by atoms with Gasteiger partial charge in [0.1, 0.15) is 17.9 Å². The van der Waals surface area contributed by atoms with Gasteiger partial charge in [-0.3, -0.25) is 4.79 Å². The molecule has 0 atom stereocenters. The summed E-state index contributed by atoms with van der Waals surface area (Å²) in [5.41, 5.74) is 3.47. The lowest BCUT2D eigenvalue weighted by atomic mass is 9.90. The van der Waals surface area contributed by atoms with E-state index in [1.165, 1.54) is 11.6 Å². The first-order chi connectivity index (χ1) is 18.9. The van der Waals surface area contributed by atoms with Crippen LogP contribution >= 0.6 is 0 Å². The van der Waals surface area contributed by atoms with Gasteiger partial charge in [-0.15, -0.1) is 0 Å². The minimum atomic E-state index is -0.533. The Morgan fingerprint density at radius 1 is 0.923 bits per heavy atom. The van der Waals surface area contributed by atoms with Gasteiger partial charge in [0.15, 0.2) is 6.61 Å². The van der Waals surface area contributed by atoms with Crippen molar-refractivity contribution in [2.24, 2.45) is 5.92 Å². The fraction of sp³-hybridized carbons (Fsp3) is 0.281. The molecule has 0 unspecified atom stereocenters. The van der Waals surface area contributed by atoms with Gasteiger partial charge in [0, 0.05) is 30.6 Å². The molecule has 0 N–H and O–H groups in total. The van der Waals surface area contributed by atoms with E-state index in [0.717, 1.165) is 35.8 Å². The standard InChI is InChI=1S/C32H31NO6/c1-22-17-31(35)39-29-19-27(11-12-28(22)29)37-20-25-7-9-26(10-8-25)32(36)38-21-30(34)33-15-13-24(14-16-33)18-23-5-3-2-4-6-23/h2-12,17,19,24H,13-16,18,20-21H2,1H3. The van der Waals surface area contributed by atoms with E-state index >= 15 is 0 Å². The summed E-state index contributed by atoms with van der Waals surface area (Å²) in [6, 6.07) is 24.1. The molecule has 200 valence electrons. The molecule has 4 aromatic rings. The summed E-state index contributed by atoms with van der Waals surface area (Å²) in [7, 11) is 0. The van der Waals surface area contributed by atoms with E-state index < -0.39 is 11.6 Å². The van der Waals surface area contributed by atoms with Crippen molar-refractivity contribution >= 4 is 22.8 Å². The normalized spacial score (nSPS) is 13.8. The number of rotatable bonds is 8. The van der Waals surface area contributed by atoms with E-state index in [9.17, 15) is 14.4 Å². The van der Waals surface area contributed by atoms with Crippen LogP contribution in [0.5, 0.6) is 5.75 Å². The molecule has 5 rings (SSSR count). The second-order valence-corrected chi connectivity index (χ2v) is 9.98. The average Bonchev–Trinajstić information content (AvgIpc) is 2.95. The van der Waals surface area contributed by atoms with Crippen LogP contribution < -0.4 is 10.4 Å². The Hall–Kier alpha value is -4.39. The van der Waals surface area contributed by atoms with Crippen LogP contribution in [-0.4, -0.2) is 36.5 Å². The molecule has 7 nitrogen and oxygen atoms in total. The van der Waals surface area contributed by atoms with Crippen LogP contribution in [0.15, 0.2) is 88.1 Å². The van der Waals surface area contributed by atoms with Gasteiger partial charge < -0.3 is 18.8 Å². The largest absolute Gasteiger partial charge is 0.489 e. The van der Waals surface area contributed by atoms with Crippen LogP contribution in [0.25, 0.3) is 11.0 Å². The number of likely N-dealkylation sites (tertiary alicyclic amines) is 1. The van der Waals surface area contributed by atoms with Gasteiger partial charge in [-0.2, -0.15) is 0 Å². The molecule has 39 heavy (non-hydrogen) atoms. The maximum Gasteiger partial charge on any atom is 0.338 e. The van der Waals surface area contributed by atoms with E-state index in [1.807, 2.05) is 25.1 Å². The van der Waals surface area contributed by atoms with Crippen molar-refractivity contribution in [3.63, 3.8) is 0 Å². The first-order valence-corrected chi connectivity index (χ1v) is 13.2. The fourth-order valence-electron chi connectivity index (χ4n) is 4.93. The van der Waals surface area contributed by atoms with Gasteiger partial charge in [-0.25, -0.2) is 9.59 Å². The zero-order chi connectivity index (χ0) is 27.2. The number of nitrogens with zero attached hydrogens (tertiary/aromatic N) is 1. The number of piperidine rings is 1. The van der Waals surface area contributed by atoms with E-state index in [0.29, 0.717) is 35.9 Å². The van der Waals surface area contributed by atoms with Gasteiger partial charge in [0.2, 0.25) is 0 Å². The Morgan fingerprint density at radius 2 is 1.67 bits per heavy atom. The third-order valence-corrected chi connectivity index (χ3v) is 7.18. The van der Waals surface area contributed by atoms with Gasteiger partial charge >= 0.3 is 11.6 Å². The predicted molar refractivity (Wildman–Crippen MR) is 148 cm³/mol. The smallest absolute Gasteiger partial charge is 0.338 e. The molecule has 0 bridgehead atoms. The summed E-state index contributed by atoms with van der Waals surface area (Å²) >= 11 is 0. The molecule has 3 aromatic carbocycles. The molecule has 0 saturated carbocycles. The minimum absolute atomic E-state index is 0.159. The molecule has 2 heterocycles. The van der Waals surface area contributed by atoms with Crippen LogP contribution in [0, 0.1) is 12.8 Å². The third-order valence-electron chi connectivity index (χ3n) is 7.18. The molecule has 1 aliphatic rings. The molecular weight excluding hydrogens is 494 g/mol. The number of carbonyl (C=O) groups is 2. The maximum atomic E-state index is 12.6. The molecule has 0 spiro atoms. The number of benzene rings is 3. The first kappa shape index (κ1) is 26.2. The highest BCUT2D eigenvalue weighted by Crippen LogP contribution is 2.24. The van der Waals surface area contributed by atoms with Crippen molar-refractivity contribution in [1.82, 2.24) is 4.90 Å².